The van der Waals surface area contributed by atoms with E-state index in [-0.39, 0.29) is 12.1 Å². The summed E-state index contributed by atoms with van der Waals surface area (Å²) in [5.74, 6) is -0.173. The summed E-state index contributed by atoms with van der Waals surface area (Å²) in [6, 6.07) is 14.3. The van der Waals surface area contributed by atoms with Crippen molar-refractivity contribution in [1.82, 2.24) is 0 Å². The van der Waals surface area contributed by atoms with Crippen molar-refractivity contribution in [2.45, 2.75) is 33.8 Å². The lowest BCUT2D eigenvalue weighted by Crippen LogP contribution is -2.24. The Morgan fingerprint density at radius 2 is 1.68 bits per heavy atom. The monoisotopic (exact) mass is 256 g/mol. The van der Waals surface area contributed by atoms with Crippen LogP contribution < -0.4 is 0 Å². The highest BCUT2D eigenvalue weighted by Gasteiger charge is 2.25. The van der Waals surface area contributed by atoms with E-state index in [1.54, 1.807) is 0 Å². The van der Waals surface area contributed by atoms with Crippen LogP contribution in [-0.4, -0.2) is 5.97 Å². The zero-order valence-electron chi connectivity index (χ0n) is 11.9. The van der Waals surface area contributed by atoms with Crippen LogP contribution in [0.25, 0.3) is 10.8 Å². The van der Waals surface area contributed by atoms with Gasteiger partial charge in [-0.1, -0.05) is 36.4 Å². The van der Waals surface area contributed by atoms with Crippen molar-refractivity contribution in [3.8, 4) is 0 Å². The van der Waals surface area contributed by atoms with Gasteiger partial charge in [0.05, 0.1) is 5.41 Å². The first-order valence-corrected chi connectivity index (χ1v) is 6.58. The second-order valence-corrected chi connectivity index (χ2v) is 5.90. The number of carbonyl (C=O) groups excluding carboxylic acids is 1. The molecule has 0 amide bonds. The zero-order chi connectivity index (χ0) is 14.0. The van der Waals surface area contributed by atoms with E-state index in [4.69, 9.17) is 4.74 Å². The van der Waals surface area contributed by atoms with Crippen LogP contribution in [0, 0.1) is 5.41 Å². The molecule has 2 aromatic carbocycles. The number of ether oxygens (including phenoxy) is 1. The Bertz CT molecular complexity index is 593. The smallest absolute Gasteiger partial charge is 0.311 e. The second-order valence-electron chi connectivity index (χ2n) is 5.90. The van der Waals surface area contributed by atoms with Crippen molar-refractivity contribution >= 4 is 16.7 Å². The van der Waals surface area contributed by atoms with Crippen LogP contribution in [0.15, 0.2) is 42.5 Å². The number of fused-ring (bicyclic) bond motifs is 1. The van der Waals surface area contributed by atoms with Gasteiger partial charge in [-0.2, -0.15) is 0 Å². The molecule has 2 heteroatoms. The van der Waals surface area contributed by atoms with E-state index in [9.17, 15) is 4.79 Å². The van der Waals surface area contributed by atoms with E-state index in [1.165, 1.54) is 10.8 Å². The maximum atomic E-state index is 11.9. The van der Waals surface area contributed by atoms with Crippen molar-refractivity contribution in [3.05, 3.63) is 48.0 Å². The third kappa shape index (κ3) is 3.14. The van der Waals surface area contributed by atoms with E-state index in [2.05, 4.69) is 24.3 Å². The molecule has 2 aromatic rings. The number of benzene rings is 2. The average Bonchev–Trinajstić information content (AvgIpc) is 2.37. The minimum atomic E-state index is -0.467. The van der Waals surface area contributed by atoms with E-state index in [0.29, 0.717) is 0 Å². The van der Waals surface area contributed by atoms with Gasteiger partial charge in [-0.15, -0.1) is 0 Å². The lowest BCUT2D eigenvalue weighted by molar-refractivity contribution is -0.158. The van der Waals surface area contributed by atoms with Crippen LogP contribution in [0.4, 0.5) is 0 Å². The fourth-order valence-electron chi connectivity index (χ4n) is 1.87. The Labute approximate surface area is 114 Å². The Balaban J connectivity index is 2.22. The first kappa shape index (κ1) is 13.6. The number of hydrogen-bond donors (Lipinski definition) is 0. The zero-order valence-corrected chi connectivity index (χ0v) is 11.9. The molecule has 2 nitrogen and oxygen atoms in total. The molecule has 0 heterocycles. The maximum absolute atomic E-state index is 11.9. The molecule has 1 unspecified atom stereocenters. The molecule has 19 heavy (non-hydrogen) atoms. The van der Waals surface area contributed by atoms with Gasteiger partial charge in [0.15, 0.2) is 0 Å². The molecule has 0 aromatic heterocycles. The maximum Gasteiger partial charge on any atom is 0.311 e. The molecule has 0 radical (unpaired) electrons. The molecule has 0 fully saturated rings. The SMILES string of the molecule is CC(OC(=O)C(C)(C)C)c1ccc2ccccc2c1. The fraction of sp³-hybridized carbons (Fsp3) is 0.353. The first-order valence-electron chi connectivity index (χ1n) is 6.58. The molecule has 2 rings (SSSR count). The summed E-state index contributed by atoms with van der Waals surface area (Å²) in [7, 11) is 0. The lowest BCUT2D eigenvalue weighted by atomic mass is 9.97. The van der Waals surface area contributed by atoms with Gasteiger partial charge in [-0.05, 0) is 50.1 Å². The standard InChI is InChI=1S/C17H20O2/c1-12(19-16(18)17(2,3)4)14-10-9-13-7-5-6-8-15(13)11-14/h5-12H,1-4H3. The summed E-state index contributed by atoms with van der Waals surface area (Å²) in [5.41, 5.74) is 0.557. The van der Waals surface area contributed by atoms with Crippen molar-refractivity contribution in [2.24, 2.45) is 5.41 Å². The Kier molecular flexibility index (Phi) is 3.61. The van der Waals surface area contributed by atoms with Crippen molar-refractivity contribution in [2.75, 3.05) is 0 Å². The minimum Gasteiger partial charge on any atom is -0.457 e. The third-order valence-corrected chi connectivity index (χ3v) is 3.14. The summed E-state index contributed by atoms with van der Waals surface area (Å²) >= 11 is 0. The summed E-state index contributed by atoms with van der Waals surface area (Å²) < 4.78 is 5.51. The summed E-state index contributed by atoms with van der Waals surface area (Å²) in [5, 5.41) is 2.36. The van der Waals surface area contributed by atoms with E-state index < -0.39 is 5.41 Å². The van der Waals surface area contributed by atoms with Crippen LogP contribution in [0.1, 0.15) is 39.4 Å². The third-order valence-electron chi connectivity index (χ3n) is 3.14. The molecule has 1 atom stereocenters. The largest absolute Gasteiger partial charge is 0.457 e. The summed E-state index contributed by atoms with van der Waals surface area (Å²) in [4.78, 5) is 11.9. The Morgan fingerprint density at radius 3 is 2.32 bits per heavy atom. The molecule has 0 aliphatic carbocycles. The van der Waals surface area contributed by atoms with Crippen LogP contribution in [-0.2, 0) is 9.53 Å². The van der Waals surface area contributed by atoms with Crippen molar-refractivity contribution < 1.29 is 9.53 Å². The summed E-state index contributed by atoms with van der Waals surface area (Å²) in [6.45, 7) is 7.50. The molecule has 0 aliphatic heterocycles. The van der Waals surface area contributed by atoms with Gasteiger partial charge < -0.3 is 4.74 Å². The van der Waals surface area contributed by atoms with Gasteiger partial charge in [0, 0.05) is 0 Å². The van der Waals surface area contributed by atoms with Gasteiger partial charge in [-0.3, -0.25) is 4.79 Å². The molecular formula is C17H20O2. The van der Waals surface area contributed by atoms with E-state index in [1.807, 2.05) is 45.9 Å². The van der Waals surface area contributed by atoms with Gasteiger partial charge in [0.1, 0.15) is 6.10 Å². The molecule has 0 saturated carbocycles. The molecule has 0 spiro atoms. The van der Waals surface area contributed by atoms with Crippen molar-refractivity contribution in [3.63, 3.8) is 0 Å². The Hall–Kier alpha value is -1.83. The van der Waals surface area contributed by atoms with Crippen LogP contribution in [0.2, 0.25) is 0 Å². The molecule has 0 bridgehead atoms. The highest BCUT2D eigenvalue weighted by Crippen LogP contribution is 2.25. The topological polar surface area (TPSA) is 26.3 Å². The van der Waals surface area contributed by atoms with Crippen LogP contribution in [0.3, 0.4) is 0 Å². The molecule has 0 N–H and O–H groups in total. The first-order chi connectivity index (χ1) is 8.88. The van der Waals surface area contributed by atoms with Gasteiger partial charge >= 0.3 is 5.97 Å². The molecular weight excluding hydrogens is 236 g/mol. The van der Waals surface area contributed by atoms with Gasteiger partial charge in [0.25, 0.3) is 0 Å². The highest BCUT2D eigenvalue weighted by molar-refractivity contribution is 5.83. The number of rotatable bonds is 2. The number of carbonyl (C=O) groups is 1. The predicted octanol–water partition coefficient (Wildman–Crippen LogP) is 4.49. The molecule has 0 saturated heterocycles. The second kappa shape index (κ2) is 5.04. The fourth-order valence-corrected chi connectivity index (χ4v) is 1.87. The van der Waals surface area contributed by atoms with Gasteiger partial charge in [0.2, 0.25) is 0 Å². The quantitative estimate of drug-likeness (QED) is 0.740. The van der Waals surface area contributed by atoms with Crippen LogP contribution >= 0.6 is 0 Å². The average molecular weight is 256 g/mol. The highest BCUT2D eigenvalue weighted by atomic mass is 16.5. The van der Waals surface area contributed by atoms with Crippen LogP contribution in [0.5, 0.6) is 0 Å². The normalized spacial score (nSPS) is 13.3. The van der Waals surface area contributed by atoms with Gasteiger partial charge in [-0.25, -0.2) is 0 Å². The molecule has 0 aliphatic rings. The number of hydrogen-bond acceptors (Lipinski definition) is 2. The van der Waals surface area contributed by atoms with E-state index in [0.717, 1.165) is 5.56 Å². The predicted molar refractivity (Wildman–Crippen MR) is 77.9 cm³/mol. The van der Waals surface area contributed by atoms with E-state index >= 15 is 0 Å². The lowest BCUT2D eigenvalue weighted by Gasteiger charge is -2.21. The van der Waals surface area contributed by atoms with Crippen molar-refractivity contribution in [1.29, 1.82) is 0 Å². The number of esters is 1. The summed E-state index contributed by atoms with van der Waals surface area (Å²) in [6.07, 6.45) is -0.226. The Morgan fingerprint density at radius 1 is 1.05 bits per heavy atom. The molecule has 100 valence electrons. The minimum absolute atomic E-state index is 0.173.